The molecule has 0 bridgehead atoms. The Kier molecular flexibility index (Phi) is 8.21. The van der Waals surface area contributed by atoms with Crippen LogP contribution in [0.15, 0.2) is 64.7 Å². The molecule has 6 rings (SSSR count). The topological polar surface area (TPSA) is 84.9 Å². The number of fused-ring (bicyclic) bond motifs is 2. The molecule has 4 aliphatic rings. The molecule has 0 radical (unpaired) electrons. The number of aliphatic imine (C=N–C) groups is 1. The van der Waals surface area contributed by atoms with Gasteiger partial charge in [-0.3, -0.25) is 14.7 Å². The van der Waals surface area contributed by atoms with Crippen molar-refractivity contribution in [2.75, 3.05) is 63.6 Å². The minimum atomic E-state index is -2.36. The van der Waals surface area contributed by atoms with Gasteiger partial charge in [0.2, 0.25) is 0 Å². The van der Waals surface area contributed by atoms with Crippen LogP contribution in [-0.2, 0) is 17.8 Å². The number of allylic oxidation sites excluding steroid dienone is 1. The van der Waals surface area contributed by atoms with Gasteiger partial charge in [0, 0.05) is 70.6 Å². The van der Waals surface area contributed by atoms with E-state index >= 15 is 0 Å². The van der Waals surface area contributed by atoms with Gasteiger partial charge >= 0.3 is 0 Å². The molecule has 234 valence electrons. The molecular weight excluding hydrogens is 568 g/mol. The van der Waals surface area contributed by atoms with E-state index in [-0.39, 0.29) is 18.1 Å². The highest BCUT2D eigenvalue weighted by atomic mass is 19.3. The molecule has 1 amide bonds. The van der Waals surface area contributed by atoms with Gasteiger partial charge in [-0.15, -0.1) is 0 Å². The van der Waals surface area contributed by atoms with E-state index in [4.69, 9.17) is 9.47 Å². The van der Waals surface area contributed by atoms with E-state index in [1.807, 2.05) is 63.5 Å². The van der Waals surface area contributed by atoms with Crippen molar-refractivity contribution in [2.45, 2.75) is 38.8 Å². The third-order valence-electron chi connectivity index (χ3n) is 8.34. The lowest BCUT2D eigenvalue weighted by Crippen LogP contribution is -2.48. The lowest BCUT2D eigenvalue weighted by Gasteiger charge is -2.37. The van der Waals surface area contributed by atoms with Gasteiger partial charge in [0.1, 0.15) is 17.1 Å². The molecule has 12 heteroatoms. The third-order valence-corrected chi connectivity index (χ3v) is 8.34. The van der Waals surface area contributed by atoms with E-state index in [1.54, 1.807) is 23.2 Å². The van der Waals surface area contributed by atoms with Gasteiger partial charge in [0.15, 0.2) is 5.82 Å². The first-order chi connectivity index (χ1) is 21.1. The molecule has 4 aliphatic heterocycles. The Morgan fingerprint density at radius 1 is 1.18 bits per heavy atom. The summed E-state index contributed by atoms with van der Waals surface area (Å²) >= 11 is 0. The number of piperazine rings is 1. The van der Waals surface area contributed by atoms with Crippen molar-refractivity contribution in [1.82, 2.24) is 20.2 Å². The van der Waals surface area contributed by atoms with Crippen LogP contribution in [0.2, 0.25) is 0 Å². The quantitative estimate of drug-likeness (QED) is 0.445. The van der Waals surface area contributed by atoms with Gasteiger partial charge in [-0.1, -0.05) is 12.1 Å². The van der Waals surface area contributed by atoms with E-state index in [2.05, 4.69) is 25.5 Å². The Balaban J connectivity index is 1.18. The van der Waals surface area contributed by atoms with Gasteiger partial charge in [-0.05, 0) is 37.6 Å². The van der Waals surface area contributed by atoms with Crippen LogP contribution in [0.3, 0.4) is 0 Å². The molecule has 1 saturated heterocycles. The average Bonchev–Trinajstić information content (AvgIpc) is 3.55. The normalized spacial score (nSPS) is 19.1. The number of benzene rings is 2. The summed E-state index contributed by atoms with van der Waals surface area (Å²) in [5.74, 6) is 1.92. The minimum Gasteiger partial charge on any atom is -0.497 e. The summed E-state index contributed by atoms with van der Waals surface area (Å²) in [6.45, 7) is 7.04. The van der Waals surface area contributed by atoms with Gasteiger partial charge in [-0.2, -0.15) is 0 Å². The molecule has 2 aromatic carbocycles. The lowest BCUT2D eigenvalue weighted by molar-refractivity contribution is -0.112. The first kappa shape index (κ1) is 29.9. The lowest BCUT2D eigenvalue weighted by atomic mass is 10.0. The van der Waals surface area contributed by atoms with Crippen LogP contribution in [-0.4, -0.2) is 92.4 Å². The highest BCUT2D eigenvalue weighted by molar-refractivity contribution is 6.07. The Morgan fingerprint density at radius 3 is 2.64 bits per heavy atom. The summed E-state index contributed by atoms with van der Waals surface area (Å²) in [4.78, 5) is 24.4. The maximum Gasteiger partial charge on any atom is 0.256 e. The van der Waals surface area contributed by atoms with Crippen molar-refractivity contribution in [3.63, 3.8) is 0 Å². The maximum atomic E-state index is 13.7. The first-order valence-electron chi connectivity index (χ1n) is 14.9. The highest BCUT2D eigenvalue weighted by Crippen LogP contribution is 2.42. The van der Waals surface area contributed by atoms with Crippen molar-refractivity contribution in [1.29, 1.82) is 0 Å². The first-order valence-corrected chi connectivity index (χ1v) is 14.9. The molecular formula is C32H39F2N7O3. The molecule has 1 fully saturated rings. The molecule has 0 saturated carbocycles. The number of carbonyl (C=O) groups is 1. The van der Waals surface area contributed by atoms with E-state index in [0.717, 1.165) is 40.4 Å². The van der Waals surface area contributed by atoms with E-state index < -0.39 is 6.43 Å². The number of hydrogen-bond donors (Lipinski definition) is 2. The second-order valence-corrected chi connectivity index (χ2v) is 12.2. The van der Waals surface area contributed by atoms with Crippen molar-refractivity contribution >= 4 is 23.5 Å². The van der Waals surface area contributed by atoms with Crippen LogP contribution >= 0.6 is 0 Å². The van der Waals surface area contributed by atoms with Crippen LogP contribution in [0, 0.1) is 0 Å². The molecule has 10 nitrogen and oxygen atoms in total. The van der Waals surface area contributed by atoms with Crippen molar-refractivity contribution in [3.05, 3.63) is 70.8 Å². The molecule has 0 spiro atoms. The maximum absolute atomic E-state index is 13.7. The smallest absolute Gasteiger partial charge is 0.256 e. The number of methoxy groups -OCH3 is 1. The Hall–Kier alpha value is -4.16. The molecule has 0 unspecified atom stereocenters. The number of hydrazine groups is 1. The number of hydrogen-bond acceptors (Lipinski definition) is 9. The monoisotopic (exact) mass is 607 g/mol. The number of anilines is 2. The number of halogens is 2. The summed E-state index contributed by atoms with van der Waals surface area (Å²) in [5.41, 5.74) is 8.00. The highest BCUT2D eigenvalue weighted by Gasteiger charge is 2.34. The second kappa shape index (κ2) is 12.1. The summed E-state index contributed by atoms with van der Waals surface area (Å²) in [5, 5.41) is 4.94. The van der Waals surface area contributed by atoms with Gasteiger partial charge in [0.25, 0.3) is 12.3 Å². The molecule has 0 aromatic heterocycles. The van der Waals surface area contributed by atoms with Crippen LogP contribution in [0.1, 0.15) is 25.0 Å². The predicted octanol–water partition coefficient (Wildman–Crippen LogP) is 3.82. The van der Waals surface area contributed by atoms with Crippen LogP contribution in [0.4, 0.5) is 20.2 Å². The van der Waals surface area contributed by atoms with E-state index in [9.17, 15) is 13.6 Å². The Morgan fingerprint density at radius 2 is 1.93 bits per heavy atom. The van der Waals surface area contributed by atoms with Gasteiger partial charge in [-0.25, -0.2) is 19.2 Å². The van der Waals surface area contributed by atoms with Crippen LogP contribution in [0.5, 0.6) is 11.5 Å². The Bertz CT molecular complexity index is 1500. The zero-order valence-electron chi connectivity index (χ0n) is 25.6. The number of nitrogens with zero attached hydrogens (tertiary/aromatic N) is 5. The van der Waals surface area contributed by atoms with Crippen LogP contribution < -0.4 is 25.1 Å². The number of carbonyl (C=O) groups excluding carboxylic acids is 1. The van der Waals surface area contributed by atoms with Crippen molar-refractivity contribution in [3.8, 4) is 11.5 Å². The fraction of sp³-hybridized carbons (Fsp3) is 0.438. The summed E-state index contributed by atoms with van der Waals surface area (Å²) < 4.78 is 37.4. The molecule has 0 aliphatic carbocycles. The predicted molar refractivity (Wildman–Crippen MR) is 166 cm³/mol. The van der Waals surface area contributed by atoms with Gasteiger partial charge < -0.3 is 24.6 Å². The van der Waals surface area contributed by atoms with E-state index in [0.29, 0.717) is 56.4 Å². The SMILES string of the molecule is COc1ccc(CN(C)C2=CN3NCC(C(=O)Nc4cc5c(cc4N4CCN(CC(F)F)CC4)OC(C)(C)C5)=C3N=C2)cc1. The average molecular weight is 608 g/mol. The number of rotatable bonds is 9. The number of ether oxygens (including phenoxy) is 2. The number of nitrogens with one attached hydrogen (secondary N) is 2. The van der Waals surface area contributed by atoms with Crippen molar-refractivity contribution in [2.24, 2.45) is 4.99 Å². The van der Waals surface area contributed by atoms with Crippen molar-refractivity contribution < 1.29 is 23.0 Å². The fourth-order valence-electron chi connectivity index (χ4n) is 6.04. The van der Waals surface area contributed by atoms with E-state index in [1.165, 1.54) is 0 Å². The zero-order chi connectivity index (χ0) is 31.0. The molecule has 2 aromatic rings. The molecule has 44 heavy (non-hydrogen) atoms. The minimum absolute atomic E-state index is 0.229. The molecule has 2 N–H and O–H groups in total. The largest absolute Gasteiger partial charge is 0.497 e. The number of amides is 1. The summed E-state index contributed by atoms with van der Waals surface area (Å²) in [7, 11) is 3.64. The van der Waals surface area contributed by atoms with Gasteiger partial charge in [0.05, 0.1) is 42.5 Å². The Labute approximate surface area is 256 Å². The summed E-state index contributed by atoms with van der Waals surface area (Å²) in [6, 6.07) is 11.9. The molecule has 4 heterocycles. The second-order valence-electron chi connectivity index (χ2n) is 12.2. The number of alkyl halides is 2. The molecule has 0 atom stereocenters. The third kappa shape index (κ3) is 6.36. The van der Waals surface area contributed by atoms with Crippen LogP contribution in [0.25, 0.3) is 0 Å². The zero-order valence-corrected chi connectivity index (χ0v) is 25.6. The standard InChI is InChI=1S/C32H39F2N7O3/c1-32(2)15-22-13-26(27(14-28(22)44-32)40-11-9-39(10-12-40)20-29(33)34)37-31(42)25-17-36-41-19-23(16-35-30(25)41)38(3)18-21-5-7-24(43-4)8-6-21/h5-8,13-14,16,19,29,36H,9-12,15,17-18,20H2,1-4H3,(H,37,42). The fourth-order valence-corrected chi connectivity index (χ4v) is 6.04. The summed E-state index contributed by atoms with van der Waals surface area (Å²) in [6.07, 6.45) is 2.07.